The smallest absolute Gasteiger partial charge is 0.409 e. The van der Waals surface area contributed by atoms with Crippen molar-refractivity contribution in [1.82, 2.24) is 9.88 Å². The summed E-state index contributed by atoms with van der Waals surface area (Å²) in [4.78, 5) is 20.2. The molecule has 1 saturated heterocycles. The predicted molar refractivity (Wildman–Crippen MR) is 101 cm³/mol. The molecule has 1 unspecified atom stereocenters. The van der Waals surface area contributed by atoms with Crippen LogP contribution in [-0.4, -0.2) is 48.3 Å². The average Bonchev–Trinajstić information content (AvgIpc) is 3.03. The summed E-state index contributed by atoms with van der Waals surface area (Å²) in [7, 11) is 0. The van der Waals surface area contributed by atoms with Gasteiger partial charge in [0.05, 0.1) is 16.1 Å². The third-order valence-corrected chi connectivity index (χ3v) is 5.35. The van der Waals surface area contributed by atoms with Crippen molar-refractivity contribution >= 4 is 50.7 Å². The minimum absolute atomic E-state index is 0.0167. The summed E-state index contributed by atoms with van der Waals surface area (Å²) in [6.45, 7) is 6.01. The molecule has 142 valence electrons. The van der Waals surface area contributed by atoms with Gasteiger partial charge in [0.1, 0.15) is 5.52 Å². The number of anilines is 1. The summed E-state index contributed by atoms with van der Waals surface area (Å²) < 4.78 is 25.1. The highest BCUT2D eigenvalue weighted by atomic mass is 79.9. The second kappa shape index (κ2) is 8.00. The molecule has 1 aliphatic heterocycles. The van der Waals surface area contributed by atoms with Gasteiger partial charge in [-0.05, 0) is 35.3 Å². The summed E-state index contributed by atoms with van der Waals surface area (Å²) in [5, 5.41) is -0.0167. The maximum Gasteiger partial charge on any atom is 0.409 e. The Morgan fingerprint density at radius 3 is 3.00 bits per heavy atom. The van der Waals surface area contributed by atoms with Crippen molar-refractivity contribution in [2.45, 2.75) is 32.7 Å². The number of piperazine rings is 1. The highest BCUT2D eigenvalue weighted by Crippen LogP contribution is 2.35. The lowest BCUT2D eigenvalue weighted by atomic mass is 10.2. The number of aromatic nitrogens is 1. The van der Waals surface area contributed by atoms with Crippen molar-refractivity contribution in [2.24, 2.45) is 0 Å². The lowest BCUT2D eigenvalue weighted by Gasteiger charge is -2.38. The van der Waals surface area contributed by atoms with Crippen molar-refractivity contribution < 1.29 is 18.3 Å². The van der Waals surface area contributed by atoms with E-state index in [0.29, 0.717) is 43.4 Å². The van der Waals surface area contributed by atoms with Crippen molar-refractivity contribution in [1.29, 1.82) is 0 Å². The van der Waals surface area contributed by atoms with Crippen molar-refractivity contribution in [3.05, 3.63) is 21.4 Å². The molecule has 0 spiro atoms. The van der Waals surface area contributed by atoms with E-state index in [-0.39, 0.29) is 21.6 Å². The van der Waals surface area contributed by atoms with Gasteiger partial charge in [-0.15, -0.1) is 0 Å². The number of benzene rings is 1. The number of oxazole rings is 1. The highest BCUT2D eigenvalue weighted by molar-refractivity contribution is 9.10. The van der Waals surface area contributed by atoms with Crippen LogP contribution in [0.25, 0.3) is 11.1 Å². The largest absolute Gasteiger partial charge is 0.449 e. The second-order valence-corrected chi connectivity index (χ2v) is 7.49. The molecule has 0 aliphatic carbocycles. The Morgan fingerprint density at radius 1 is 1.54 bits per heavy atom. The Labute approximate surface area is 164 Å². The molecule has 2 heterocycles. The van der Waals surface area contributed by atoms with Gasteiger partial charge in [0.2, 0.25) is 0 Å². The molecule has 1 fully saturated rings. The van der Waals surface area contributed by atoms with Gasteiger partial charge in [0, 0.05) is 25.7 Å². The summed E-state index contributed by atoms with van der Waals surface area (Å²) in [5.74, 6) is -0.574. The number of hydrogen-bond donors (Lipinski definition) is 0. The van der Waals surface area contributed by atoms with Gasteiger partial charge in [0.15, 0.2) is 11.4 Å². The number of amides is 1. The van der Waals surface area contributed by atoms with E-state index in [1.54, 1.807) is 4.90 Å². The van der Waals surface area contributed by atoms with E-state index < -0.39 is 5.82 Å². The Hall–Kier alpha value is -1.54. The molecule has 0 saturated carbocycles. The molecule has 0 N–H and O–H groups in total. The zero-order chi connectivity index (χ0) is 18.8. The minimum Gasteiger partial charge on any atom is -0.449 e. The average molecular weight is 449 g/mol. The Morgan fingerprint density at radius 2 is 2.31 bits per heavy atom. The van der Waals surface area contributed by atoms with Gasteiger partial charge in [-0.3, -0.25) is 0 Å². The predicted octanol–water partition coefficient (Wildman–Crippen LogP) is 4.83. The summed E-state index contributed by atoms with van der Waals surface area (Å²) in [6, 6.07) is 1.80. The first kappa shape index (κ1) is 19.2. The zero-order valence-corrected chi connectivity index (χ0v) is 16.9. The fourth-order valence-corrected chi connectivity index (χ4v) is 3.70. The lowest BCUT2D eigenvalue weighted by molar-refractivity contribution is 0.0939. The molecule has 1 atom stereocenters. The van der Waals surface area contributed by atoms with Gasteiger partial charge in [-0.1, -0.05) is 24.9 Å². The van der Waals surface area contributed by atoms with Gasteiger partial charge in [-0.2, -0.15) is 4.98 Å². The highest BCUT2D eigenvalue weighted by Gasteiger charge is 2.30. The molecule has 0 bridgehead atoms. The maximum atomic E-state index is 13.9. The fourth-order valence-electron chi connectivity index (χ4n) is 2.89. The number of nitrogens with zero attached hydrogens (tertiary/aromatic N) is 3. The van der Waals surface area contributed by atoms with E-state index >= 15 is 0 Å². The van der Waals surface area contributed by atoms with E-state index in [1.807, 2.05) is 18.7 Å². The first-order valence-electron chi connectivity index (χ1n) is 8.54. The first-order valence-corrected chi connectivity index (χ1v) is 9.71. The fraction of sp³-hybridized carbons (Fsp3) is 0.529. The molecular formula is C17H20BrClFN3O3. The monoisotopic (exact) mass is 447 g/mol. The molecule has 1 aromatic heterocycles. The number of carbonyl (C=O) groups excluding carboxylic acids is 1. The Kier molecular flexibility index (Phi) is 5.92. The van der Waals surface area contributed by atoms with E-state index in [4.69, 9.17) is 20.8 Å². The number of unbranched alkanes of at least 4 members (excludes halogenated alkanes) is 1. The van der Waals surface area contributed by atoms with Crippen LogP contribution in [0.15, 0.2) is 15.0 Å². The number of hydrogen-bond acceptors (Lipinski definition) is 5. The van der Waals surface area contributed by atoms with E-state index in [9.17, 15) is 9.18 Å². The third kappa shape index (κ3) is 3.76. The molecule has 6 nitrogen and oxygen atoms in total. The normalized spacial score (nSPS) is 17.8. The summed E-state index contributed by atoms with van der Waals surface area (Å²) >= 11 is 9.03. The van der Waals surface area contributed by atoms with Crippen molar-refractivity contribution in [3.63, 3.8) is 0 Å². The lowest BCUT2D eigenvalue weighted by Crippen LogP contribution is -2.54. The molecule has 1 aromatic carbocycles. The Bertz CT molecular complexity index is 816. The molecule has 3 rings (SSSR count). The van der Waals surface area contributed by atoms with Crippen LogP contribution in [0.4, 0.5) is 15.2 Å². The molecule has 26 heavy (non-hydrogen) atoms. The summed E-state index contributed by atoms with van der Waals surface area (Å²) in [5.41, 5.74) is 0.794. The van der Waals surface area contributed by atoms with Crippen LogP contribution in [0.2, 0.25) is 5.02 Å². The van der Waals surface area contributed by atoms with Crippen LogP contribution in [-0.2, 0) is 4.74 Å². The van der Waals surface area contributed by atoms with Crippen LogP contribution in [0, 0.1) is 5.82 Å². The molecule has 1 amide bonds. The van der Waals surface area contributed by atoms with Gasteiger partial charge < -0.3 is 19.0 Å². The third-order valence-electron chi connectivity index (χ3n) is 4.36. The minimum atomic E-state index is -0.574. The SMILES string of the molecule is CCCCOC(=O)N1CCN(c2nc3cc(Cl)c(F)c(Br)c3o2)C(C)C1. The van der Waals surface area contributed by atoms with Crippen LogP contribution < -0.4 is 4.90 Å². The number of fused-ring (bicyclic) bond motifs is 1. The van der Waals surface area contributed by atoms with E-state index in [2.05, 4.69) is 20.9 Å². The van der Waals surface area contributed by atoms with Crippen LogP contribution in [0.1, 0.15) is 26.7 Å². The van der Waals surface area contributed by atoms with Gasteiger partial charge >= 0.3 is 6.09 Å². The second-order valence-electron chi connectivity index (χ2n) is 6.29. The standard InChI is InChI=1S/C17H20BrClFN3O3/c1-3-4-7-25-17(24)22-5-6-23(10(2)9-22)16-21-12-8-11(19)14(20)13(18)15(12)26-16/h8,10H,3-7,9H2,1-2H3. The van der Waals surface area contributed by atoms with Crippen LogP contribution >= 0.6 is 27.5 Å². The Balaban J connectivity index is 1.73. The number of rotatable bonds is 4. The molecule has 2 aromatic rings. The number of ether oxygens (including phenoxy) is 1. The first-order chi connectivity index (χ1) is 12.4. The molecule has 0 radical (unpaired) electrons. The quantitative estimate of drug-likeness (QED) is 0.495. The van der Waals surface area contributed by atoms with Crippen LogP contribution in [0.3, 0.4) is 0 Å². The zero-order valence-electron chi connectivity index (χ0n) is 14.6. The van der Waals surface area contributed by atoms with E-state index in [0.717, 1.165) is 12.8 Å². The molecule has 1 aliphatic rings. The topological polar surface area (TPSA) is 58.8 Å². The van der Waals surface area contributed by atoms with Gasteiger partial charge in [0.25, 0.3) is 6.01 Å². The number of halogens is 3. The number of carbonyl (C=O) groups is 1. The van der Waals surface area contributed by atoms with Gasteiger partial charge in [-0.25, -0.2) is 9.18 Å². The summed E-state index contributed by atoms with van der Waals surface area (Å²) in [6.07, 6.45) is 1.55. The molecular weight excluding hydrogens is 429 g/mol. The van der Waals surface area contributed by atoms with E-state index in [1.165, 1.54) is 6.07 Å². The van der Waals surface area contributed by atoms with Crippen molar-refractivity contribution in [3.8, 4) is 0 Å². The molecule has 9 heteroatoms. The maximum absolute atomic E-state index is 13.9. The van der Waals surface area contributed by atoms with Crippen molar-refractivity contribution in [2.75, 3.05) is 31.1 Å². The van der Waals surface area contributed by atoms with Crippen LogP contribution in [0.5, 0.6) is 0 Å².